The lowest BCUT2D eigenvalue weighted by Crippen LogP contribution is -2.50. The fraction of sp³-hybridized carbons (Fsp3) is 0.533. The van der Waals surface area contributed by atoms with E-state index in [0.29, 0.717) is 12.5 Å². The number of hydrogen-bond acceptors (Lipinski definition) is 3. The second-order valence-corrected chi connectivity index (χ2v) is 5.23. The zero-order chi connectivity index (χ0) is 14.5. The van der Waals surface area contributed by atoms with Crippen molar-refractivity contribution in [1.29, 1.82) is 0 Å². The summed E-state index contributed by atoms with van der Waals surface area (Å²) in [5.41, 5.74) is 0.854. The van der Waals surface area contributed by atoms with Crippen molar-refractivity contribution in [2.24, 2.45) is 11.8 Å². The van der Waals surface area contributed by atoms with Gasteiger partial charge in [0.1, 0.15) is 5.82 Å². The Morgan fingerprint density at radius 3 is 2.52 bits per heavy atom. The summed E-state index contributed by atoms with van der Waals surface area (Å²) in [4.78, 5) is 12.0. The minimum atomic E-state index is -0.279. The Hall–Kier alpha value is -1.17. The van der Waals surface area contributed by atoms with Crippen molar-refractivity contribution in [3.8, 4) is 0 Å². The Balaban J connectivity index is 0.00000220. The van der Waals surface area contributed by atoms with Crippen LogP contribution in [0, 0.1) is 17.7 Å². The molecule has 1 aliphatic heterocycles. The van der Waals surface area contributed by atoms with Crippen molar-refractivity contribution >= 4 is 18.3 Å². The number of methoxy groups -OCH3 is 1. The highest BCUT2D eigenvalue weighted by Crippen LogP contribution is 2.18. The summed E-state index contributed by atoms with van der Waals surface area (Å²) in [6.07, 6.45) is -0.258. The maximum absolute atomic E-state index is 12.9. The van der Waals surface area contributed by atoms with Crippen LogP contribution in [0.3, 0.4) is 0 Å². The van der Waals surface area contributed by atoms with Crippen LogP contribution in [0.15, 0.2) is 24.3 Å². The van der Waals surface area contributed by atoms with Crippen LogP contribution in [0.5, 0.6) is 0 Å². The van der Waals surface area contributed by atoms with E-state index in [1.807, 2.05) is 6.92 Å². The third-order valence-electron chi connectivity index (χ3n) is 3.92. The van der Waals surface area contributed by atoms with Crippen LogP contribution < -0.4 is 10.6 Å². The molecule has 1 fully saturated rings. The highest BCUT2D eigenvalue weighted by atomic mass is 35.5. The van der Waals surface area contributed by atoms with Crippen LogP contribution in [-0.2, 0) is 9.53 Å². The zero-order valence-corrected chi connectivity index (χ0v) is 13.1. The van der Waals surface area contributed by atoms with Crippen molar-refractivity contribution in [1.82, 2.24) is 10.6 Å². The summed E-state index contributed by atoms with van der Waals surface area (Å²) in [6, 6.07) is 6.14. The molecular formula is C15H22ClFN2O2. The molecule has 6 heteroatoms. The lowest BCUT2D eigenvalue weighted by Gasteiger charge is -2.32. The van der Waals surface area contributed by atoms with Gasteiger partial charge in [0.15, 0.2) is 0 Å². The Bertz CT molecular complexity index is 451. The molecule has 1 heterocycles. The van der Waals surface area contributed by atoms with Gasteiger partial charge in [-0.3, -0.25) is 4.79 Å². The monoisotopic (exact) mass is 316 g/mol. The number of amides is 1. The van der Waals surface area contributed by atoms with Gasteiger partial charge in [0.25, 0.3) is 0 Å². The minimum Gasteiger partial charge on any atom is -0.375 e. The topological polar surface area (TPSA) is 50.4 Å². The first-order valence-electron chi connectivity index (χ1n) is 6.88. The van der Waals surface area contributed by atoms with E-state index >= 15 is 0 Å². The zero-order valence-electron chi connectivity index (χ0n) is 12.3. The van der Waals surface area contributed by atoms with Crippen molar-refractivity contribution < 1.29 is 13.9 Å². The van der Waals surface area contributed by atoms with E-state index in [2.05, 4.69) is 10.6 Å². The Kier molecular flexibility index (Phi) is 7.08. The summed E-state index contributed by atoms with van der Waals surface area (Å²) in [5.74, 6) is 0.184. The highest BCUT2D eigenvalue weighted by Gasteiger charge is 2.28. The average molecular weight is 317 g/mol. The molecular weight excluding hydrogens is 295 g/mol. The van der Waals surface area contributed by atoms with E-state index < -0.39 is 0 Å². The first kappa shape index (κ1) is 17.9. The number of carbonyl (C=O) groups excluding carboxylic acids is 1. The molecule has 0 saturated carbocycles. The molecule has 0 aliphatic carbocycles. The normalized spacial score (nSPS) is 17.3. The number of benzene rings is 1. The van der Waals surface area contributed by atoms with Gasteiger partial charge in [0.05, 0.1) is 6.10 Å². The van der Waals surface area contributed by atoms with Crippen molar-refractivity contribution in [3.05, 3.63) is 35.6 Å². The number of nitrogens with one attached hydrogen (secondary N) is 2. The largest absolute Gasteiger partial charge is 0.375 e. The van der Waals surface area contributed by atoms with Crippen LogP contribution in [0.2, 0.25) is 0 Å². The van der Waals surface area contributed by atoms with Crippen LogP contribution in [-0.4, -0.2) is 32.7 Å². The van der Waals surface area contributed by atoms with Gasteiger partial charge in [-0.15, -0.1) is 12.4 Å². The second-order valence-electron chi connectivity index (χ2n) is 5.23. The fourth-order valence-electron chi connectivity index (χ4n) is 2.25. The van der Waals surface area contributed by atoms with Gasteiger partial charge >= 0.3 is 0 Å². The van der Waals surface area contributed by atoms with Crippen LogP contribution in [0.1, 0.15) is 18.6 Å². The standard InChI is InChI=1S/C15H21FN2O2.ClH/c1-10(12-7-17-8-12)15(19)18-9-14(20-2)11-3-5-13(16)6-4-11;/h3-6,10,12,14,17H,7-9H2,1-2H3,(H,18,19);1H. The Morgan fingerprint density at radius 2 is 2.05 bits per heavy atom. The van der Waals surface area contributed by atoms with Crippen LogP contribution in [0.25, 0.3) is 0 Å². The van der Waals surface area contributed by atoms with Gasteiger partial charge in [-0.05, 0) is 36.7 Å². The second kappa shape index (κ2) is 8.32. The average Bonchev–Trinajstić information content (AvgIpc) is 2.39. The molecule has 2 atom stereocenters. The maximum atomic E-state index is 12.9. The Morgan fingerprint density at radius 1 is 1.43 bits per heavy atom. The summed E-state index contributed by atoms with van der Waals surface area (Å²) in [7, 11) is 1.58. The lowest BCUT2D eigenvalue weighted by molar-refractivity contribution is -0.127. The van der Waals surface area contributed by atoms with Gasteiger partial charge in [-0.1, -0.05) is 19.1 Å². The van der Waals surface area contributed by atoms with Gasteiger partial charge < -0.3 is 15.4 Å². The van der Waals surface area contributed by atoms with Crippen LogP contribution in [0.4, 0.5) is 4.39 Å². The van der Waals surface area contributed by atoms with Gasteiger partial charge in [-0.25, -0.2) is 4.39 Å². The van der Waals surface area contributed by atoms with Crippen LogP contribution >= 0.6 is 12.4 Å². The van der Waals surface area contributed by atoms with Crippen molar-refractivity contribution in [3.63, 3.8) is 0 Å². The molecule has 0 aromatic heterocycles. The van der Waals surface area contributed by atoms with E-state index in [-0.39, 0.29) is 36.2 Å². The molecule has 1 aromatic carbocycles. The van der Waals surface area contributed by atoms with Gasteiger partial charge in [-0.2, -0.15) is 0 Å². The Labute approximate surface area is 130 Å². The summed E-state index contributed by atoms with van der Waals surface area (Å²) < 4.78 is 18.2. The molecule has 2 unspecified atom stereocenters. The minimum absolute atomic E-state index is 0. The number of halogens is 2. The third kappa shape index (κ3) is 4.66. The predicted molar refractivity (Wildman–Crippen MR) is 81.9 cm³/mol. The molecule has 0 bridgehead atoms. The predicted octanol–water partition coefficient (Wildman–Crippen LogP) is 1.91. The fourth-order valence-corrected chi connectivity index (χ4v) is 2.25. The molecule has 118 valence electrons. The maximum Gasteiger partial charge on any atom is 0.223 e. The van der Waals surface area contributed by atoms with E-state index in [1.165, 1.54) is 12.1 Å². The van der Waals surface area contributed by atoms with Gasteiger partial charge in [0.2, 0.25) is 5.91 Å². The molecule has 21 heavy (non-hydrogen) atoms. The van der Waals surface area contributed by atoms with Crippen molar-refractivity contribution in [2.45, 2.75) is 13.0 Å². The molecule has 1 aliphatic rings. The SMILES string of the molecule is COC(CNC(=O)C(C)C1CNC1)c1ccc(F)cc1.Cl. The molecule has 0 radical (unpaired) electrons. The molecule has 1 amide bonds. The number of hydrogen-bond donors (Lipinski definition) is 2. The lowest BCUT2D eigenvalue weighted by atomic mass is 9.88. The summed E-state index contributed by atoms with van der Waals surface area (Å²) in [6.45, 7) is 4.15. The highest BCUT2D eigenvalue weighted by molar-refractivity contribution is 5.85. The summed E-state index contributed by atoms with van der Waals surface area (Å²) in [5, 5.41) is 6.07. The quantitative estimate of drug-likeness (QED) is 0.843. The molecule has 1 aromatic rings. The number of rotatable bonds is 6. The van der Waals surface area contributed by atoms with Crippen molar-refractivity contribution in [2.75, 3.05) is 26.7 Å². The van der Waals surface area contributed by atoms with E-state index in [1.54, 1.807) is 19.2 Å². The number of carbonyl (C=O) groups is 1. The molecule has 2 N–H and O–H groups in total. The molecule has 0 spiro atoms. The smallest absolute Gasteiger partial charge is 0.223 e. The molecule has 1 saturated heterocycles. The first-order valence-corrected chi connectivity index (χ1v) is 6.88. The van der Waals surface area contributed by atoms with Gasteiger partial charge in [0, 0.05) is 19.6 Å². The third-order valence-corrected chi connectivity index (χ3v) is 3.92. The van der Waals surface area contributed by atoms with E-state index in [0.717, 1.165) is 18.7 Å². The first-order chi connectivity index (χ1) is 9.61. The molecule has 2 rings (SSSR count). The van der Waals surface area contributed by atoms with E-state index in [4.69, 9.17) is 4.74 Å². The van der Waals surface area contributed by atoms with E-state index in [9.17, 15) is 9.18 Å². The molecule has 4 nitrogen and oxygen atoms in total. The number of ether oxygens (including phenoxy) is 1. The summed E-state index contributed by atoms with van der Waals surface area (Å²) >= 11 is 0.